The highest BCUT2D eigenvalue weighted by Gasteiger charge is 2.20. The van der Waals surface area contributed by atoms with Crippen molar-refractivity contribution in [2.45, 2.75) is 13.0 Å². The van der Waals surface area contributed by atoms with Gasteiger partial charge in [0.1, 0.15) is 11.3 Å². The molecule has 4 aromatic rings. The Hall–Kier alpha value is -2.51. The van der Waals surface area contributed by atoms with E-state index in [1.165, 1.54) is 10.1 Å². The lowest BCUT2D eigenvalue weighted by Gasteiger charge is -2.35. The van der Waals surface area contributed by atoms with E-state index in [9.17, 15) is 0 Å². The summed E-state index contributed by atoms with van der Waals surface area (Å²) in [5.41, 5.74) is 2.10. The van der Waals surface area contributed by atoms with Crippen molar-refractivity contribution in [2.24, 2.45) is 0 Å². The summed E-state index contributed by atoms with van der Waals surface area (Å²) in [7, 11) is 0. The van der Waals surface area contributed by atoms with Crippen molar-refractivity contribution in [3.63, 3.8) is 0 Å². The maximum absolute atomic E-state index is 4.70. The molecule has 138 valence electrons. The fraction of sp³-hybridized carbons (Fsp3) is 0.350. The summed E-state index contributed by atoms with van der Waals surface area (Å²) in [5.74, 6) is 1.16. The lowest BCUT2D eigenvalue weighted by molar-refractivity contribution is 0.249. The molecule has 0 atom stereocenters. The van der Waals surface area contributed by atoms with E-state index in [0.717, 1.165) is 62.5 Å². The zero-order valence-electron chi connectivity index (χ0n) is 15.2. The van der Waals surface area contributed by atoms with Gasteiger partial charge in [0.05, 0.1) is 10.2 Å². The molecule has 1 aliphatic heterocycles. The number of aromatic nitrogens is 4. The molecule has 5 rings (SSSR count). The van der Waals surface area contributed by atoms with Crippen LogP contribution in [0.5, 0.6) is 0 Å². The van der Waals surface area contributed by atoms with Gasteiger partial charge < -0.3 is 4.90 Å². The highest BCUT2D eigenvalue weighted by atomic mass is 32.1. The summed E-state index contributed by atoms with van der Waals surface area (Å²) in [6.45, 7) is 6.27. The molecule has 0 amide bonds. The Morgan fingerprint density at radius 1 is 0.889 bits per heavy atom. The molecule has 1 aliphatic rings. The number of rotatable bonds is 5. The molecule has 0 bridgehead atoms. The molecule has 0 N–H and O–H groups in total. The van der Waals surface area contributed by atoms with Gasteiger partial charge in [0.2, 0.25) is 0 Å². The Bertz CT molecular complexity index is 1040. The monoisotopic (exact) mass is 378 g/mol. The van der Waals surface area contributed by atoms with Crippen LogP contribution in [0.25, 0.3) is 21.1 Å². The van der Waals surface area contributed by atoms with Crippen LogP contribution in [-0.2, 0) is 6.54 Å². The molecule has 0 aliphatic carbocycles. The van der Waals surface area contributed by atoms with E-state index in [0.29, 0.717) is 0 Å². The summed E-state index contributed by atoms with van der Waals surface area (Å²) in [5, 5.41) is 9.81. The first kappa shape index (κ1) is 16.6. The molecule has 6 nitrogen and oxygen atoms in total. The number of aryl methyl sites for hydroxylation is 1. The number of para-hydroxylation sites is 1. The number of hydrogen-bond donors (Lipinski definition) is 0. The molecule has 0 unspecified atom stereocenters. The molecule has 0 saturated carbocycles. The molecule has 3 heterocycles. The van der Waals surface area contributed by atoms with Gasteiger partial charge in [0.25, 0.3) is 0 Å². The third kappa shape index (κ3) is 3.28. The summed E-state index contributed by atoms with van der Waals surface area (Å²) < 4.78 is 7.99. The van der Waals surface area contributed by atoms with E-state index < -0.39 is 0 Å². The Labute approximate surface area is 162 Å². The van der Waals surface area contributed by atoms with E-state index in [1.54, 1.807) is 11.5 Å². The quantitative estimate of drug-likeness (QED) is 0.534. The van der Waals surface area contributed by atoms with Crippen LogP contribution in [0.15, 0.2) is 48.5 Å². The average molecular weight is 379 g/mol. The summed E-state index contributed by atoms with van der Waals surface area (Å²) in [4.78, 5) is 4.98. The largest absolute Gasteiger partial charge is 0.353 e. The third-order valence-electron chi connectivity index (χ3n) is 5.29. The molecule has 0 radical (unpaired) electrons. The Kier molecular flexibility index (Phi) is 4.47. The Morgan fingerprint density at radius 2 is 1.70 bits per heavy atom. The van der Waals surface area contributed by atoms with E-state index in [2.05, 4.69) is 50.4 Å². The zero-order valence-corrected chi connectivity index (χ0v) is 16.0. The fourth-order valence-electron chi connectivity index (χ4n) is 3.81. The van der Waals surface area contributed by atoms with Gasteiger partial charge in [0.15, 0.2) is 0 Å². The Balaban J connectivity index is 1.15. The molecular formula is C20H22N6S. The van der Waals surface area contributed by atoms with Crippen LogP contribution in [0.1, 0.15) is 6.42 Å². The van der Waals surface area contributed by atoms with Gasteiger partial charge in [-0.1, -0.05) is 29.5 Å². The van der Waals surface area contributed by atoms with Crippen molar-refractivity contribution in [3.05, 3.63) is 48.5 Å². The molecule has 0 spiro atoms. The van der Waals surface area contributed by atoms with Crippen molar-refractivity contribution in [1.82, 2.24) is 24.3 Å². The van der Waals surface area contributed by atoms with Crippen molar-refractivity contribution >= 4 is 38.5 Å². The van der Waals surface area contributed by atoms with Crippen LogP contribution < -0.4 is 4.90 Å². The SMILES string of the molecule is c1ccc2c(c1)nnn2CCCN1CCN(c2nsc3ccccc23)CC1. The van der Waals surface area contributed by atoms with E-state index in [1.807, 2.05) is 22.9 Å². The van der Waals surface area contributed by atoms with Crippen LogP contribution in [0.2, 0.25) is 0 Å². The van der Waals surface area contributed by atoms with E-state index >= 15 is 0 Å². The first-order chi connectivity index (χ1) is 13.4. The maximum Gasteiger partial charge on any atom is 0.150 e. The van der Waals surface area contributed by atoms with Crippen molar-refractivity contribution < 1.29 is 0 Å². The normalized spacial score (nSPS) is 15.8. The predicted octanol–water partition coefficient (Wildman–Crippen LogP) is 3.25. The second kappa shape index (κ2) is 7.25. The topological polar surface area (TPSA) is 50.1 Å². The van der Waals surface area contributed by atoms with Crippen LogP contribution >= 0.6 is 11.5 Å². The molecule has 2 aromatic carbocycles. The molecule has 1 fully saturated rings. The highest BCUT2D eigenvalue weighted by molar-refractivity contribution is 7.13. The standard InChI is InChI=1S/C20H22N6S/c1-4-9-19-16(6-1)20(22-27-19)25-14-12-24(13-15-25)10-5-11-26-18-8-3-2-7-17(18)21-23-26/h1-4,6-9H,5,10-15H2. The Morgan fingerprint density at radius 3 is 2.63 bits per heavy atom. The number of anilines is 1. The fourth-order valence-corrected chi connectivity index (χ4v) is 4.61. The van der Waals surface area contributed by atoms with Crippen LogP contribution in [0.4, 0.5) is 5.82 Å². The third-order valence-corrected chi connectivity index (χ3v) is 6.11. The number of benzene rings is 2. The maximum atomic E-state index is 4.70. The smallest absolute Gasteiger partial charge is 0.150 e. The highest BCUT2D eigenvalue weighted by Crippen LogP contribution is 2.29. The van der Waals surface area contributed by atoms with Crippen LogP contribution in [-0.4, -0.2) is 57.0 Å². The summed E-state index contributed by atoms with van der Waals surface area (Å²) in [6.07, 6.45) is 1.09. The average Bonchev–Trinajstić information content (AvgIpc) is 3.33. The second-order valence-electron chi connectivity index (χ2n) is 6.99. The van der Waals surface area contributed by atoms with Gasteiger partial charge in [-0.25, -0.2) is 4.68 Å². The van der Waals surface area contributed by atoms with Crippen molar-refractivity contribution in [2.75, 3.05) is 37.6 Å². The second-order valence-corrected chi connectivity index (χ2v) is 7.79. The van der Waals surface area contributed by atoms with Gasteiger partial charge in [-0.2, -0.15) is 4.37 Å². The first-order valence-electron chi connectivity index (χ1n) is 9.48. The zero-order chi connectivity index (χ0) is 18.1. The minimum atomic E-state index is 0.914. The van der Waals surface area contributed by atoms with Crippen LogP contribution in [0.3, 0.4) is 0 Å². The summed E-state index contributed by atoms with van der Waals surface area (Å²) in [6, 6.07) is 16.7. The van der Waals surface area contributed by atoms with Crippen molar-refractivity contribution in [3.8, 4) is 0 Å². The van der Waals surface area contributed by atoms with Gasteiger partial charge in [-0.3, -0.25) is 4.90 Å². The minimum absolute atomic E-state index is 0.914. The molecule has 27 heavy (non-hydrogen) atoms. The number of nitrogens with zero attached hydrogens (tertiary/aromatic N) is 6. The van der Waals surface area contributed by atoms with Crippen LogP contribution in [0, 0.1) is 0 Å². The lowest BCUT2D eigenvalue weighted by atomic mass is 10.2. The lowest BCUT2D eigenvalue weighted by Crippen LogP contribution is -2.46. The van der Waals surface area contributed by atoms with Gasteiger partial charge in [-0.05, 0) is 42.2 Å². The first-order valence-corrected chi connectivity index (χ1v) is 10.3. The molecule has 1 saturated heterocycles. The van der Waals surface area contributed by atoms with Gasteiger partial charge in [0, 0.05) is 44.7 Å². The number of hydrogen-bond acceptors (Lipinski definition) is 6. The van der Waals surface area contributed by atoms with Gasteiger partial charge >= 0.3 is 0 Å². The number of piperazine rings is 1. The van der Waals surface area contributed by atoms with Gasteiger partial charge in [-0.15, -0.1) is 5.10 Å². The predicted molar refractivity (Wildman–Crippen MR) is 110 cm³/mol. The number of fused-ring (bicyclic) bond motifs is 2. The van der Waals surface area contributed by atoms with Crippen molar-refractivity contribution in [1.29, 1.82) is 0 Å². The minimum Gasteiger partial charge on any atom is -0.353 e. The summed E-state index contributed by atoms with van der Waals surface area (Å²) >= 11 is 1.60. The van der Waals surface area contributed by atoms with E-state index in [4.69, 9.17) is 4.37 Å². The molecule has 7 heteroatoms. The van der Waals surface area contributed by atoms with E-state index in [-0.39, 0.29) is 0 Å². The molecule has 2 aromatic heterocycles. The molecular weight excluding hydrogens is 356 g/mol.